The molecule has 21 heavy (non-hydrogen) atoms. The van der Waals surface area contributed by atoms with Crippen LogP contribution in [0.15, 0.2) is 54.7 Å². The van der Waals surface area contributed by atoms with E-state index in [4.69, 9.17) is 5.26 Å². The Hall–Kier alpha value is -2.93. The molecule has 1 heterocycles. The van der Waals surface area contributed by atoms with Gasteiger partial charge in [-0.15, -0.1) is 0 Å². The minimum Gasteiger partial charge on any atom is -0.340 e. The Morgan fingerprint density at radius 3 is 2.81 bits per heavy atom. The van der Waals surface area contributed by atoms with E-state index in [1.54, 1.807) is 29.0 Å². The average Bonchev–Trinajstić information content (AvgIpc) is 2.89. The molecule has 3 aromatic rings. The van der Waals surface area contributed by atoms with Crippen LogP contribution in [0.1, 0.15) is 15.9 Å². The monoisotopic (exact) mass is 278 g/mol. The molecule has 102 valence electrons. The van der Waals surface area contributed by atoms with E-state index in [0.717, 1.165) is 10.9 Å². The first-order chi connectivity index (χ1) is 10.2. The number of halogens is 1. The topological polar surface area (TPSA) is 45.8 Å². The number of carbonyl (C=O) groups is 1. The highest BCUT2D eigenvalue weighted by Gasteiger charge is 2.10. The van der Waals surface area contributed by atoms with Crippen LogP contribution in [-0.2, 0) is 6.54 Å². The van der Waals surface area contributed by atoms with E-state index in [0.29, 0.717) is 11.1 Å². The molecule has 0 aliphatic carbocycles. The summed E-state index contributed by atoms with van der Waals surface area (Å²) < 4.78 is 14.9. The van der Waals surface area contributed by atoms with Crippen LogP contribution in [0.5, 0.6) is 0 Å². The van der Waals surface area contributed by atoms with Gasteiger partial charge in [0.15, 0.2) is 5.78 Å². The van der Waals surface area contributed by atoms with Gasteiger partial charge in [0, 0.05) is 17.3 Å². The van der Waals surface area contributed by atoms with E-state index >= 15 is 0 Å². The van der Waals surface area contributed by atoms with Crippen molar-refractivity contribution in [3.05, 3.63) is 71.7 Å². The highest BCUT2D eigenvalue weighted by atomic mass is 19.1. The molecule has 0 radical (unpaired) electrons. The van der Waals surface area contributed by atoms with Crippen molar-refractivity contribution in [3.8, 4) is 6.07 Å². The van der Waals surface area contributed by atoms with Crippen molar-refractivity contribution in [3.63, 3.8) is 0 Å². The summed E-state index contributed by atoms with van der Waals surface area (Å²) in [5, 5.41) is 9.91. The summed E-state index contributed by atoms with van der Waals surface area (Å²) in [6.45, 7) is 0.113. The Morgan fingerprint density at radius 1 is 1.19 bits per heavy atom. The second-order valence-electron chi connectivity index (χ2n) is 4.76. The number of ketones is 1. The van der Waals surface area contributed by atoms with E-state index in [1.807, 2.05) is 12.1 Å². The first kappa shape index (κ1) is 13.1. The predicted octanol–water partition coefficient (Wildman–Crippen LogP) is 3.53. The zero-order valence-electron chi connectivity index (χ0n) is 11.1. The highest BCUT2D eigenvalue weighted by Crippen LogP contribution is 2.18. The molecule has 0 amide bonds. The number of fused-ring (bicyclic) bond motifs is 1. The Bertz CT molecular complexity index is 874. The van der Waals surface area contributed by atoms with E-state index in [9.17, 15) is 9.18 Å². The van der Waals surface area contributed by atoms with Crippen LogP contribution in [0.25, 0.3) is 10.9 Å². The fraction of sp³-hybridized carbons (Fsp3) is 0.0588. The molecule has 0 saturated carbocycles. The molecular formula is C17H11FN2O. The maximum Gasteiger partial charge on any atom is 0.182 e. The van der Waals surface area contributed by atoms with Crippen LogP contribution in [0, 0.1) is 17.1 Å². The Labute approximate surface area is 120 Å². The van der Waals surface area contributed by atoms with Gasteiger partial charge in [-0.3, -0.25) is 4.79 Å². The van der Waals surface area contributed by atoms with Crippen LogP contribution in [0.4, 0.5) is 4.39 Å². The van der Waals surface area contributed by atoms with E-state index < -0.39 is 5.82 Å². The molecule has 0 saturated heterocycles. The first-order valence-electron chi connectivity index (χ1n) is 6.45. The molecule has 0 unspecified atom stereocenters. The molecule has 0 N–H and O–H groups in total. The number of benzene rings is 2. The maximum atomic E-state index is 13.2. The summed E-state index contributed by atoms with van der Waals surface area (Å²) in [6, 6.07) is 14.9. The molecule has 3 nitrogen and oxygen atoms in total. The second-order valence-corrected chi connectivity index (χ2v) is 4.76. The first-order valence-corrected chi connectivity index (χ1v) is 6.45. The number of carbonyl (C=O) groups excluding carboxylic acids is 1. The smallest absolute Gasteiger partial charge is 0.182 e. The fourth-order valence-electron chi connectivity index (χ4n) is 2.30. The van der Waals surface area contributed by atoms with Gasteiger partial charge in [-0.25, -0.2) is 4.39 Å². The van der Waals surface area contributed by atoms with Gasteiger partial charge in [-0.2, -0.15) is 5.26 Å². The zero-order chi connectivity index (χ0) is 14.8. The number of rotatable bonds is 3. The lowest BCUT2D eigenvalue weighted by atomic mass is 10.1. The van der Waals surface area contributed by atoms with Crippen molar-refractivity contribution < 1.29 is 9.18 Å². The lowest BCUT2D eigenvalue weighted by Gasteiger charge is -2.05. The normalized spacial score (nSPS) is 10.5. The van der Waals surface area contributed by atoms with Gasteiger partial charge in [0.1, 0.15) is 5.82 Å². The Balaban J connectivity index is 1.95. The zero-order valence-corrected chi connectivity index (χ0v) is 11.1. The summed E-state index contributed by atoms with van der Waals surface area (Å²) in [7, 11) is 0. The molecule has 0 aliphatic heterocycles. The number of aromatic nitrogens is 1. The maximum absolute atomic E-state index is 13.2. The molecule has 2 aromatic carbocycles. The molecule has 0 fully saturated rings. The molecule has 4 heteroatoms. The molecule has 3 rings (SSSR count). The summed E-state index contributed by atoms with van der Waals surface area (Å²) in [6.07, 6.45) is 1.79. The molecule has 1 aromatic heterocycles. The quantitative estimate of drug-likeness (QED) is 0.688. The number of nitrogens with zero attached hydrogens (tertiary/aromatic N) is 2. The fourth-order valence-corrected chi connectivity index (χ4v) is 2.30. The third-order valence-corrected chi connectivity index (χ3v) is 3.36. The van der Waals surface area contributed by atoms with Crippen molar-refractivity contribution >= 4 is 16.7 Å². The van der Waals surface area contributed by atoms with E-state index in [-0.39, 0.29) is 12.3 Å². The average molecular weight is 278 g/mol. The minimum atomic E-state index is -0.426. The summed E-state index contributed by atoms with van der Waals surface area (Å²) >= 11 is 0. The summed E-state index contributed by atoms with van der Waals surface area (Å²) in [4.78, 5) is 12.2. The number of hydrogen-bond donors (Lipinski definition) is 0. The van der Waals surface area contributed by atoms with Gasteiger partial charge in [0.05, 0.1) is 18.2 Å². The van der Waals surface area contributed by atoms with Crippen molar-refractivity contribution in [2.24, 2.45) is 0 Å². The van der Waals surface area contributed by atoms with Crippen LogP contribution in [0.3, 0.4) is 0 Å². The Morgan fingerprint density at radius 2 is 2.05 bits per heavy atom. The number of Topliss-reactive ketones (excluding diaryl/α,β-unsaturated/α-hetero) is 1. The third kappa shape index (κ3) is 2.54. The van der Waals surface area contributed by atoms with Gasteiger partial charge in [0.25, 0.3) is 0 Å². The van der Waals surface area contributed by atoms with Crippen LogP contribution in [-0.4, -0.2) is 10.4 Å². The van der Waals surface area contributed by atoms with E-state index in [1.165, 1.54) is 18.2 Å². The van der Waals surface area contributed by atoms with Gasteiger partial charge >= 0.3 is 0 Å². The lowest BCUT2D eigenvalue weighted by molar-refractivity contribution is 0.0973. The van der Waals surface area contributed by atoms with Crippen molar-refractivity contribution in [1.82, 2.24) is 4.57 Å². The summed E-state index contributed by atoms with van der Waals surface area (Å²) in [5.41, 5.74) is 1.70. The predicted molar refractivity (Wildman–Crippen MR) is 77.4 cm³/mol. The minimum absolute atomic E-state index is 0.113. The van der Waals surface area contributed by atoms with Gasteiger partial charge in [0.2, 0.25) is 0 Å². The van der Waals surface area contributed by atoms with E-state index in [2.05, 4.69) is 6.07 Å². The van der Waals surface area contributed by atoms with Crippen LogP contribution < -0.4 is 0 Å². The SMILES string of the molecule is N#Cc1ccc2ccn(CC(=O)c3cccc(F)c3)c2c1. The molecule has 0 atom stereocenters. The number of hydrogen-bond acceptors (Lipinski definition) is 2. The summed E-state index contributed by atoms with van der Waals surface area (Å²) in [5.74, 6) is -0.598. The van der Waals surface area contributed by atoms with Crippen molar-refractivity contribution in [2.45, 2.75) is 6.54 Å². The molecule has 0 aliphatic rings. The van der Waals surface area contributed by atoms with Gasteiger partial charge in [-0.1, -0.05) is 18.2 Å². The second kappa shape index (κ2) is 5.22. The molecule has 0 spiro atoms. The van der Waals surface area contributed by atoms with Gasteiger partial charge in [-0.05, 0) is 35.7 Å². The van der Waals surface area contributed by atoms with Gasteiger partial charge < -0.3 is 4.57 Å². The molecular weight excluding hydrogens is 267 g/mol. The van der Waals surface area contributed by atoms with Crippen molar-refractivity contribution in [1.29, 1.82) is 5.26 Å². The highest BCUT2D eigenvalue weighted by molar-refractivity contribution is 5.97. The lowest BCUT2D eigenvalue weighted by Crippen LogP contribution is -2.09. The van der Waals surface area contributed by atoms with Crippen LogP contribution in [0.2, 0.25) is 0 Å². The molecule has 0 bridgehead atoms. The third-order valence-electron chi connectivity index (χ3n) is 3.36. The Kier molecular flexibility index (Phi) is 3.25. The van der Waals surface area contributed by atoms with Crippen molar-refractivity contribution in [2.75, 3.05) is 0 Å². The van der Waals surface area contributed by atoms with Crippen LogP contribution >= 0.6 is 0 Å². The largest absolute Gasteiger partial charge is 0.340 e. The standard InChI is InChI=1S/C17H11FN2O/c18-15-3-1-2-14(9-15)17(21)11-20-7-6-13-5-4-12(10-19)8-16(13)20/h1-9H,11H2. The number of nitriles is 1.